The van der Waals surface area contributed by atoms with Crippen LogP contribution < -0.4 is 10.2 Å². The lowest BCUT2D eigenvalue weighted by atomic mass is 10.3. The monoisotopic (exact) mass is 490 g/mol. The Morgan fingerprint density at radius 1 is 1.18 bits per heavy atom. The number of rotatable bonds is 9. The maximum atomic E-state index is 12.3. The van der Waals surface area contributed by atoms with Crippen molar-refractivity contribution < 1.29 is 17.9 Å². The van der Waals surface area contributed by atoms with Gasteiger partial charge in [0, 0.05) is 26.1 Å². The quantitative estimate of drug-likeness (QED) is 0.350. The highest BCUT2D eigenvalue weighted by Crippen LogP contribution is 2.27. The molecule has 4 rings (SSSR count). The smallest absolute Gasteiger partial charge is 0.221 e. The van der Waals surface area contributed by atoms with Gasteiger partial charge in [0.15, 0.2) is 20.6 Å². The molecule has 0 radical (unpaired) electrons. The predicted molar refractivity (Wildman–Crippen MR) is 126 cm³/mol. The van der Waals surface area contributed by atoms with Crippen LogP contribution in [0.5, 0.6) is 0 Å². The first-order valence-electron chi connectivity index (χ1n) is 10.6. The summed E-state index contributed by atoms with van der Waals surface area (Å²) in [4.78, 5) is 23.9. The SMILES string of the molecule is CSc1nc(N2CCOCC2)c2cnn(CCNC(=O)CCS(=O)(=O)c3ccccc3)c2n1. The van der Waals surface area contributed by atoms with Gasteiger partial charge in [0.2, 0.25) is 5.91 Å². The molecule has 1 N–H and O–H groups in total. The fourth-order valence-corrected chi connectivity index (χ4v) is 5.17. The molecule has 3 aromatic rings. The number of carbonyl (C=O) groups excluding carboxylic acids is 1. The summed E-state index contributed by atoms with van der Waals surface area (Å²) in [6, 6.07) is 8.15. The van der Waals surface area contributed by atoms with Crippen molar-refractivity contribution in [1.82, 2.24) is 25.1 Å². The van der Waals surface area contributed by atoms with E-state index in [0.717, 1.165) is 24.3 Å². The number of benzene rings is 1. The molecular formula is C21H26N6O4S2. The van der Waals surface area contributed by atoms with Crippen molar-refractivity contribution in [3.63, 3.8) is 0 Å². The van der Waals surface area contributed by atoms with Crippen LogP contribution >= 0.6 is 11.8 Å². The van der Waals surface area contributed by atoms with Crippen LogP contribution in [-0.2, 0) is 25.9 Å². The van der Waals surface area contributed by atoms with Gasteiger partial charge in [-0.3, -0.25) is 4.79 Å². The summed E-state index contributed by atoms with van der Waals surface area (Å²) in [5.74, 6) is 0.286. The minimum atomic E-state index is -3.49. The molecule has 1 fully saturated rings. The molecule has 1 aliphatic heterocycles. The molecule has 0 unspecified atom stereocenters. The van der Waals surface area contributed by atoms with Crippen LogP contribution in [0.1, 0.15) is 6.42 Å². The van der Waals surface area contributed by atoms with Crippen LogP contribution in [0.2, 0.25) is 0 Å². The number of hydrogen-bond acceptors (Lipinski definition) is 9. The van der Waals surface area contributed by atoms with Crippen LogP contribution in [0, 0.1) is 0 Å². The van der Waals surface area contributed by atoms with Gasteiger partial charge in [-0.15, -0.1) is 0 Å². The summed E-state index contributed by atoms with van der Waals surface area (Å²) in [6.45, 7) is 3.54. The molecule has 3 heterocycles. The molecular weight excluding hydrogens is 464 g/mol. The molecule has 1 saturated heterocycles. The predicted octanol–water partition coefficient (Wildman–Crippen LogP) is 1.36. The second-order valence-corrected chi connectivity index (χ2v) is 10.4. The van der Waals surface area contributed by atoms with E-state index < -0.39 is 9.84 Å². The Kier molecular flexibility index (Phi) is 7.46. The molecule has 12 heteroatoms. The average Bonchev–Trinajstić information content (AvgIpc) is 3.26. The van der Waals surface area contributed by atoms with Crippen molar-refractivity contribution in [2.45, 2.75) is 23.0 Å². The highest BCUT2D eigenvalue weighted by molar-refractivity contribution is 7.98. The second kappa shape index (κ2) is 10.5. The second-order valence-electron chi connectivity index (χ2n) is 7.47. The number of nitrogens with one attached hydrogen (secondary N) is 1. The van der Waals surface area contributed by atoms with E-state index in [1.807, 2.05) is 6.26 Å². The number of nitrogens with zero attached hydrogens (tertiary/aromatic N) is 5. The van der Waals surface area contributed by atoms with Crippen LogP contribution in [0.3, 0.4) is 0 Å². The minimum absolute atomic E-state index is 0.100. The van der Waals surface area contributed by atoms with Crippen molar-refractivity contribution in [2.24, 2.45) is 0 Å². The Bertz CT molecular complexity index is 1210. The maximum absolute atomic E-state index is 12.3. The number of carbonyl (C=O) groups is 1. The lowest BCUT2D eigenvalue weighted by Crippen LogP contribution is -2.37. The van der Waals surface area contributed by atoms with Crippen molar-refractivity contribution in [1.29, 1.82) is 0 Å². The molecule has 0 spiro atoms. The highest BCUT2D eigenvalue weighted by atomic mass is 32.2. The zero-order valence-corrected chi connectivity index (χ0v) is 19.9. The first-order chi connectivity index (χ1) is 16.0. The molecule has 0 bridgehead atoms. The number of amides is 1. The summed E-state index contributed by atoms with van der Waals surface area (Å²) in [5, 5.41) is 8.73. The van der Waals surface area contributed by atoms with Gasteiger partial charge in [0.25, 0.3) is 0 Å². The Labute approximate surface area is 196 Å². The molecule has 1 amide bonds. The number of anilines is 1. The minimum Gasteiger partial charge on any atom is -0.378 e. The van der Waals surface area contributed by atoms with E-state index in [-0.39, 0.29) is 23.0 Å². The zero-order valence-electron chi connectivity index (χ0n) is 18.3. The summed E-state index contributed by atoms with van der Waals surface area (Å²) in [6.07, 6.45) is 3.57. The molecule has 1 aromatic carbocycles. The fourth-order valence-electron chi connectivity index (χ4n) is 3.55. The average molecular weight is 491 g/mol. The lowest BCUT2D eigenvalue weighted by Gasteiger charge is -2.28. The van der Waals surface area contributed by atoms with Gasteiger partial charge in [-0.2, -0.15) is 5.10 Å². The summed E-state index contributed by atoms with van der Waals surface area (Å²) < 4.78 is 31.9. The normalized spacial score (nSPS) is 14.5. The lowest BCUT2D eigenvalue weighted by molar-refractivity contribution is -0.120. The van der Waals surface area contributed by atoms with Crippen LogP contribution in [0.15, 0.2) is 46.6 Å². The maximum Gasteiger partial charge on any atom is 0.221 e. The van der Waals surface area contributed by atoms with Crippen LogP contribution in [0.25, 0.3) is 11.0 Å². The Morgan fingerprint density at radius 3 is 2.67 bits per heavy atom. The van der Waals surface area contributed by atoms with E-state index in [1.165, 1.54) is 23.9 Å². The third kappa shape index (κ3) is 5.63. The van der Waals surface area contributed by atoms with E-state index in [2.05, 4.69) is 25.3 Å². The van der Waals surface area contributed by atoms with E-state index in [9.17, 15) is 13.2 Å². The Morgan fingerprint density at radius 2 is 1.94 bits per heavy atom. The zero-order chi connectivity index (χ0) is 23.3. The van der Waals surface area contributed by atoms with Crippen molar-refractivity contribution in [3.05, 3.63) is 36.5 Å². The number of morpholine rings is 1. The molecule has 2 aromatic heterocycles. The highest BCUT2D eigenvalue weighted by Gasteiger charge is 2.20. The first-order valence-corrected chi connectivity index (χ1v) is 13.5. The van der Waals surface area contributed by atoms with Gasteiger partial charge in [0.05, 0.1) is 42.0 Å². The largest absolute Gasteiger partial charge is 0.378 e. The summed E-state index contributed by atoms with van der Waals surface area (Å²) in [5.41, 5.74) is 0.705. The van der Waals surface area contributed by atoms with E-state index >= 15 is 0 Å². The fraction of sp³-hybridized carbons (Fsp3) is 0.429. The standard InChI is InChI=1S/C21H26N6O4S2/c1-32-21-24-19(26-10-12-31-13-11-26)17-15-23-27(20(17)25-21)9-8-22-18(28)7-14-33(29,30)16-5-3-2-4-6-16/h2-6,15H,7-14H2,1H3,(H,22,28). The number of sulfone groups is 1. The topological polar surface area (TPSA) is 119 Å². The molecule has 10 nitrogen and oxygen atoms in total. The van der Waals surface area contributed by atoms with E-state index in [0.29, 0.717) is 37.1 Å². The summed E-state index contributed by atoms with van der Waals surface area (Å²) >= 11 is 1.46. The molecule has 0 saturated carbocycles. The molecule has 0 atom stereocenters. The third-order valence-corrected chi connectivity index (χ3v) is 7.57. The van der Waals surface area contributed by atoms with Gasteiger partial charge in [-0.05, 0) is 18.4 Å². The first kappa shape index (κ1) is 23.5. The number of ether oxygens (including phenoxy) is 1. The van der Waals surface area contributed by atoms with Crippen LogP contribution in [0.4, 0.5) is 5.82 Å². The molecule has 0 aliphatic carbocycles. The van der Waals surface area contributed by atoms with Gasteiger partial charge >= 0.3 is 0 Å². The number of hydrogen-bond donors (Lipinski definition) is 1. The van der Waals surface area contributed by atoms with Gasteiger partial charge in [-0.25, -0.2) is 23.1 Å². The Balaban J connectivity index is 1.38. The molecule has 176 valence electrons. The van der Waals surface area contributed by atoms with Crippen molar-refractivity contribution >= 4 is 44.4 Å². The number of fused-ring (bicyclic) bond motifs is 1. The van der Waals surface area contributed by atoms with Crippen molar-refractivity contribution in [3.8, 4) is 0 Å². The van der Waals surface area contributed by atoms with E-state index in [4.69, 9.17) is 4.74 Å². The molecule has 1 aliphatic rings. The van der Waals surface area contributed by atoms with Gasteiger partial charge in [0.1, 0.15) is 5.82 Å². The number of thioether (sulfide) groups is 1. The van der Waals surface area contributed by atoms with Gasteiger partial charge < -0.3 is 15.0 Å². The van der Waals surface area contributed by atoms with Crippen LogP contribution in [-0.4, -0.2) is 78.9 Å². The Hall–Kier alpha value is -2.70. The van der Waals surface area contributed by atoms with Crippen molar-refractivity contribution in [2.75, 3.05) is 49.8 Å². The van der Waals surface area contributed by atoms with E-state index in [1.54, 1.807) is 29.1 Å². The third-order valence-electron chi connectivity index (χ3n) is 5.29. The van der Waals surface area contributed by atoms with Gasteiger partial charge in [-0.1, -0.05) is 30.0 Å². The number of aromatic nitrogens is 4. The molecule has 33 heavy (non-hydrogen) atoms. The summed E-state index contributed by atoms with van der Waals surface area (Å²) in [7, 11) is -3.49.